The molecule has 1 aliphatic heterocycles. The van der Waals surface area contributed by atoms with Crippen molar-refractivity contribution in [1.29, 1.82) is 0 Å². The molecule has 0 aromatic carbocycles. The first kappa shape index (κ1) is 7.34. The maximum atomic E-state index is 12.6. The van der Waals surface area contributed by atoms with Crippen LogP contribution in [0, 0.1) is 0 Å². The van der Waals surface area contributed by atoms with Crippen molar-refractivity contribution in [3.63, 3.8) is 0 Å². The molecule has 1 aliphatic rings. The van der Waals surface area contributed by atoms with Crippen LogP contribution in [0.25, 0.3) is 0 Å². The van der Waals surface area contributed by atoms with E-state index in [2.05, 4.69) is 5.32 Å². The quantitative estimate of drug-likeness (QED) is 0.513. The molecule has 0 saturated carbocycles. The summed E-state index contributed by atoms with van der Waals surface area (Å²) in [4.78, 5) is 0. The average molecular weight is 140 g/mol. The number of halogens is 1. The summed E-state index contributed by atoms with van der Waals surface area (Å²) in [5.41, 5.74) is 1.12. The standard InChI is InChI=1S/C6H8BFNO/c1-4-2-5(7-10)6(8)3-9-4/h2,9-10H,3H2,1H3. The molecule has 1 rings (SSSR count). The number of hydrogen-bond acceptors (Lipinski definition) is 2. The Morgan fingerprint density at radius 3 is 3.00 bits per heavy atom. The van der Waals surface area contributed by atoms with Crippen molar-refractivity contribution in [2.75, 3.05) is 6.54 Å². The van der Waals surface area contributed by atoms with Gasteiger partial charge in [-0.05, 0) is 18.5 Å². The lowest BCUT2D eigenvalue weighted by Crippen LogP contribution is -2.20. The summed E-state index contributed by atoms with van der Waals surface area (Å²) in [6.07, 6.45) is 1.55. The number of rotatable bonds is 1. The Morgan fingerprint density at radius 1 is 1.80 bits per heavy atom. The fourth-order valence-electron chi connectivity index (χ4n) is 0.789. The van der Waals surface area contributed by atoms with E-state index in [-0.39, 0.29) is 17.8 Å². The summed E-state index contributed by atoms with van der Waals surface area (Å²) in [5.74, 6) is -0.326. The van der Waals surface area contributed by atoms with Crippen molar-refractivity contribution in [3.8, 4) is 0 Å². The summed E-state index contributed by atoms with van der Waals surface area (Å²) < 4.78 is 12.6. The van der Waals surface area contributed by atoms with Gasteiger partial charge >= 0.3 is 7.48 Å². The van der Waals surface area contributed by atoms with E-state index in [4.69, 9.17) is 5.02 Å². The van der Waals surface area contributed by atoms with Gasteiger partial charge in [0.2, 0.25) is 0 Å². The van der Waals surface area contributed by atoms with Gasteiger partial charge in [0.15, 0.2) is 0 Å². The lowest BCUT2D eigenvalue weighted by molar-refractivity contribution is 0.569. The van der Waals surface area contributed by atoms with E-state index in [1.54, 1.807) is 6.08 Å². The second kappa shape index (κ2) is 2.88. The molecule has 4 heteroatoms. The molecule has 0 aromatic rings. The minimum absolute atomic E-state index is 0.175. The van der Waals surface area contributed by atoms with Crippen LogP contribution in [0.3, 0.4) is 0 Å². The third kappa shape index (κ3) is 1.39. The van der Waals surface area contributed by atoms with Crippen molar-refractivity contribution in [2.45, 2.75) is 6.92 Å². The predicted octanol–water partition coefficient (Wildman–Crippen LogP) is 0.286. The second-order valence-electron chi connectivity index (χ2n) is 2.17. The Morgan fingerprint density at radius 2 is 2.50 bits per heavy atom. The zero-order valence-electron chi connectivity index (χ0n) is 5.69. The predicted molar refractivity (Wildman–Crippen MR) is 37.9 cm³/mol. The lowest BCUT2D eigenvalue weighted by atomic mass is 9.85. The number of nitrogens with one attached hydrogen (secondary N) is 1. The maximum absolute atomic E-state index is 12.6. The lowest BCUT2D eigenvalue weighted by Gasteiger charge is -2.12. The van der Waals surface area contributed by atoms with Gasteiger partial charge in [-0.2, -0.15) is 0 Å². The summed E-state index contributed by atoms with van der Waals surface area (Å²) >= 11 is 0. The van der Waals surface area contributed by atoms with Crippen LogP contribution in [0.5, 0.6) is 0 Å². The highest BCUT2D eigenvalue weighted by atomic mass is 19.1. The molecule has 0 spiro atoms. The third-order valence-electron chi connectivity index (χ3n) is 1.35. The van der Waals surface area contributed by atoms with Crippen molar-refractivity contribution in [2.24, 2.45) is 0 Å². The average Bonchev–Trinajstić information content (AvgIpc) is 1.94. The van der Waals surface area contributed by atoms with Crippen LogP contribution < -0.4 is 5.32 Å². The van der Waals surface area contributed by atoms with Crippen LogP contribution in [0.2, 0.25) is 0 Å². The van der Waals surface area contributed by atoms with Crippen LogP contribution in [0.1, 0.15) is 6.92 Å². The van der Waals surface area contributed by atoms with Gasteiger partial charge in [0.05, 0.1) is 6.54 Å². The van der Waals surface area contributed by atoms with Crippen LogP contribution in [0.15, 0.2) is 23.1 Å². The first-order chi connectivity index (χ1) is 4.74. The maximum Gasteiger partial charge on any atom is 0.329 e. The fraction of sp³-hybridized carbons (Fsp3) is 0.333. The second-order valence-corrected chi connectivity index (χ2v) is 2.17. The molecule has 0 atom stereocenters. The molecule has 0 aromatic heterocycles. The van der Waals surface area contributed by atoms with E-state index in [9.17, 15) is 4.39 Å². The Labute approximate surface area is 59.7 Å². The molecule has 2 nitrogen and oxygen atoms in total. The van der Waals surface area contributed by atoms with E-state index in [0.717, 1.165) is 13.2 Å². The van der Waals surface area contributed by atoms with E-state index in [0.29, 0.717) is 0 Å². The Hall–Kier alpha value is -0.765. The molecular weight excluding hydrogens is 132 g/mol. The SMILES string of the molecule is CC1=CC([B]O)=C(F)CN1. The summed E-state index contributed by atoms with van der Waals surface area (Å²) in [7, 11) is 0.777. The zero-order valence-corrected chi connectivity index (χ0v) is 5.69. The topological polar surface area (TPSA) is 32.3 Å². The highest BCUT2D eigenvalue weighted by Crippen LogP contribution is 2.11. The van der Waals surface area contributed by atoms with Gasteiger partial charge in [-0.25, -0.2) is 4.39 Å². The minimum Gasteiger partial charge on any atom is -0.450 e. The highest BCUT2D eigenvalue weighted by molar-refractivity contribution is 6.38. The van der Waals surface area contributed by atoms with Gasteiger partial charge in [-0.3, -0.25) is 0 Å². The molecular formula is C6H8BFNO. The van der Waals surface area contributed by atoms with Crippen LogP contribution in [-0.2, 0) is 0 Å². The summed E-state index contributed by atoms with van der Waals surface area (Å²) in [6, 6.07) is 0. The first-order valence-corrected chi connectivity index (χ1v) is 3.02. The van der Waals surface area contributed by atoms with E-state index < -0.39 is 0 Å². The van der Waals surface area contributed by atoms with Gasteiger partial charge in [0.25, 0.3) is 0 Å². The van der Waals surface area contributed by atoms with Crippen LogP contribution in [-0.4, -0.2) is 19.1 Å². The largest absolute Gasteiger partial charge is 0.450 e. The van der Waals surface area contributed by atoms with E-state index in [1.165, 1.54) is 0 Å². The number of hydrogen-bond donors (Lipinski definition) is 2. The molecule has 0 unspecified atom stereocenters. The van der Waals surface area contributed by atoms with Gasteiger partial charge < -0.3 is 10.3 Å². The van der Waals surface area contributed by atoms with Gasteiger partial charge in [0, 0.05) is 5.70 Å². The van der Waals surface area contributed by atoms with Crippen molar-refractivity contribution in [3.05, 3.63) is 23.1 Å². The molecule has 0 saturated heterocycles. The monoisotopic (exact) mass is 140 g/mol. The molecule has 0 fully saturated rings. The Bertz CT molecular complexity index is 200. The molecule has 1 heterocycles. The van der Waals surface area contributed by atoms with Crippen molar-refractivity contribution < 1.29 is 9.41 Å². The van der Waals surface area contributed by atoms with Gasteiger partial charge in [0.1, 0.15) is 5.83 Å². The first-order valence-electron chi connectivity index (χ1n) is 3.02. The van der Waals surface area contributed by atoms with Crippen molar-refractivity contribution >= 4 is 7.48 Å². The number of allylic oxidation sites excluding steroid dienone is 3. The highest BCUT2D eigenvalue weighted by Gasteiger charge is 2.09. The molecule has 10 heavy (non-hydrogen) atoms. The summed E-state index contributed by atoms with van der Waals surface area (Å²) in [6.45, 7) is 1.99. The fourth-order valence-corrected chi connectivity index (χ4v) is 0.789. The van der Waals surface area contributed by atoms with Gasteiger partial charge in [-0.15, -0.1) is 0 Å². The smallest absolute Gasteiger partial charge is 0.329 e. The van der Waals surface area contributed by atoms with E-state index >= 15 is 0 Å². The Balaban J connectivity index is 2.82. The van der Waals surface area contributed by atoms with E-state index in [1.807, 2.05) is 6.92 Å². The molecule has 0 amide bonds. The zero-order chi connectivity index (χ0) is 7.56. The molecule has 53 valence electrons. The third-order valence-corrected chi connectivity index (χ3v) is 1.35. The minimum atomic E-state index is -0.326. The van der Waals surface area contributed by atoms with Crippen LogP contribution >= 0.6 is 0 Å². The molecule has 2 N–H and O–H groups in total. The van der Waals surface area contributed by atoms with Crippen molar-refractivity contribution in [1.82, 2.24) is 5.32 Å². The number of dihydropyridines is 1. The van der Waals surface area contributed by atoms with Gasteiger partial charge in [-0.1, -0.05) is 0 Å². The molecule has 0 bridgehead atoms. The van der Waals surface area contributed by atoms with Crippen LogP contribution in [0.4, 0.5) is 4.39 Å². The summed E-state index contributed by atoms with van der Waals surface area (Å²) in [5, 5.41) is 11.3. The Kier molecular flexibility index (Phi) is 2.11. The molecule has 0 aliphatic carbocycles. The normalized spacial score (nSPS) is 18.1. The molecule has 1 radical (unpaired) electrons.